The number of sulfonamides is 2. The van der Waals surface area contributed by atoms with Gasteiger partial charge in [-0.3, -0.25) is 13.8 Å². The predicted octanol–water partition coefficient (Wildman–Crippen LogP) is 5.59. The Bertz CT molecular complexity index is 1690. The van der Waals surface area contributed by atoms with Crippen LogP contribution in [0.25, 0.3) is 0 Å². The van der Waals surface area contributed by atoms with Crippen LogP contribution in [0.3, 0.4) is 0 Å². The SMILES string of the molecule is Cc1ccc(NS(=O)(=O)c2ccc(NC(=O)CN(c3ccccc3C)S(=O)(=O)c3ccc(Cl)cc3)cc2)cc1. The zero-order chi connectivity index (χ0) is 28.2. The summed E-state index contributed by atoms with van der Waals surface area (Å²) in [6.07, 6.45) is 0. The Morgan fingerprint density at radius 3 is 1.92 bits per heavy atom. The molecule has 11 heteroatoms. The Kier molecular flexibility index (Phi) is 8.29. The van der Waals surface area contributed by atoms with Gasteiger partial charge in [0.05, 0.1) is 15.5 Å². The van der Waals surface area contributed by atoms with Gasteiger partial charge in [-0.05, 0) is 86.1 Å². The fraction of sp³-hybridized carbons (Fsp3) is 0.107. The minimum absolute atomic E-state index is 0.00734. The van der Waals surface area contributed by atoms with Gasteiger partial charge in [-0.15, -0.1) is 0 Å². The zero-order valence-corrected chi connectivity index (χ0v) is 23.5. The molecule has 4 rings (SSSR count). The molecule has 0 fully saturated rings. The number of hydrogen-bond donors (Lipinski definition) is 2. The summed E-state index contributed by atoms with van der Waals surface area (Å²) in [5, 5.41) is 3.03. The standard InChI is InChI=1S/C28H26ClN3O5S2/c1-20-7-11-24(12-8-20)31-38(34,35)25-17-13-23(14-18-25)30-28(33)19-32(27-6-4-3-5-21(27)2)39(36,37)26-15-9-22(29)10-16-26/h3-18,31H,19H2,1-2H3,(H,30,33). The predicted molar refractivity (Wildman–Crippen MR) is 154 cm³/mol. The van der Waals surface area contributed by atoms with Gasteiger partial charge in [-0.1, -0.05) is 47.5 Å². The minimum Gasteiger partial charge on any atom is -0.325 e. The van der Waals surface area contributed by atoms with E-state index < -0.39 is 32.5 Å². The molecule has 0 aliphatic heterocycles. The number of carbonyl (C=O) groups is 1. The lowest BCUT2D eigenvalue weighted by Gasteiger charge is -2.25. The Morgan fingerprint density at radius 2 is 1.31 bits per heavy atom. The van der Waals surface area contributed by atoms with Crippen molar-refractivity contribution in [2.24, 2.45) is 0 Å². The molecule has 0 aliphatic rings. The number of carbonyl (C=O) groups excluding carboxylic acids is 1. The lowest BCUT2D eigenvalue weighted by molar-refractivity contribution is -0.114. The van der Waals surface area contributed by atoms with Gasteiger partial charge in [0, 0.05) is 16.4 Å². The number of amides is 1. The first-order valence-electron chi connectivity index (χ1n) is 11.8. The topological polar surface area (TPSA) is 113 Å². The molecule has 0 aromatic heterocycles. The van der Waals surface area contributed by atoms with Crippen molar-refractivity contribution in [3.05, 3.63) is 113 Å². The van der Waals surface area contributed by atoms with Gasteiger partial charge in [0.1, 0.15) is 6.54 Å². The number of halogens is 1. The fourth-order valence-electron chi connectivity index (χ4n) is 3.76. The molecule has 0 spiro atoms. The highest BCUT2D eigenvalue weighted by atomic mass is 35.5. The van der Waals surface area contributed by atoms with E-state index in [4.69, 9.17) is 11.6 Å². The normalized spacial score (nSPS) is 11.6. The summed E-state index contributed by atoms with van der Waals surface area (Å²) in [5.74, 6) is -0.607. The van der Waals surface area contributed by atoms with E-state index >= 15 is 0 Å². The van der Waals surface area contributed by atoms with Crippen LogP contribution in [-0.4, -0.2) is 29.3 Å². The Hall–Kier alpha value is -3.86. The molecule has 8 nitrogen and oxygen atoms in total. The number of nitrogens with zero attached hydrogens (tertiary/aromatic N) is 1. The molecule has 0 bridgehead atoms. The summed E-state index contributed by atoms with van der Waals surface area (Å²) in [6.45, 7) is 3.14. The maximum absolute atomic E-state index is 13.5. The van der Waals surface area contributed by atoms with Crippen molar-refractivity contribution in [3.63, 3.8) is 0 Å². The average Bonchev–Trinajstić information content (AvgIpc) is 2.89. The van der Waals surface area contributed by atoms with E-state index in [1.807, 2.05) is 6.92 Å². The van der Waals surface area contributed by atoms with E-state index in [1.165, 1.54) is 48.5 Å². The highest BCUT2D eigenvalue weighted by molar-refractivity contribution is 7.93. The van der Waals surface area contributed by atoms with Crippen LogP contribution in [0.4, 0.5) is 17.1 Å². The van der Waals surface area contributed by atoms with Crippen LogP contribution in [-0.2, 0) is 24.8 Å². The second kappa shape index (κ2) is 11.5. The largest absolute Gasteiger partial charge is 0.325 e. The molecule has 0 aliphatic carbocycles. The maximum Gasteiger partial charge on any atom is 0.264 e. The van der Waals surface area contributed by atoms with Crippen LogP contribution in [0.15, 0.2) is 107 Å². The summed E-state index contributed by atoms with van der Waals surface area (Å²) in [7, 11) is -7.96. The number of rotatable bonds is 9. The molecule has 0 saturated carbocycles. The number of benzene rings is 4. The molecule has 0 saturated heterocycles. The smallest absolute Gasteiger partial charge is 0.264 e. The number of hydrogen-bond acceptors (Lipinski definition) is 5. The van der Waals surface area contributed by atoms with E-state index in [0.717, 1.165) is 9.87 Å². The highest BCUT2D eigenvalue weighted by Gasteiger charge is 2.28. The average molecular weight is 584 g/mol. The molecule has 0 heterocycles. The van der Waals surface area contributed by atoms with Crippen molar-refractivity contribution < 1.29 is 21.6 Å². The molecule has 0 unspecified atom stereocenters. The first kappa shape index (κ1) is 28.2. The number of anilines is 3. The molecule has 0 radical (unpaired) electrons. The van der Waals surface area contributed by atoms with Gasteiger partial charge < -0.3 is 5.32 Å². The maximum atomic E-state index is 13.5. The molecule has 2 N–H and O–H groups in total. The van der Waals surface area contributed by atoms with Gasteiger partial charge >= 0.3 is 0 Å². The second-order valence-electron chi connectivity index (χ2n) is 8.80. The van der Waals surface area contributed by atoms with Crippen LogP contribution in [0, 0.1) is 13.8 Å². The van der Waals surface area contributed by atoms with Crippen LogP contribution < -0.4 is 14.3 Å². The fourth-order valence-corrected chi connectivity index (χ4v) is 6.43. The first-order valence-corrected chi connectivity index (χ1v) is 15.1. The molecule has 1 amide bonds. The number of para-hydroxylation sites is 1. The van der Waals surface area contributed by atoms with E-state index in [0.29, 0.717) is 27.6 Å². The highest BCUT2D eigenvalue weighted by Crippen LogP contribution is 2.27. The second-order valence-corrected chi connectivity index (χ2v) is 12.8. The van der Waals surface area contributed by atoms with Crippen molar-refractivity contribution in [2.45, 2.75) is 23.6 Å². The van der Waals surface area contributed by atoms with Gasteiger partial charge in [-0.25, -0.2) is 16.8 Å². The third-order valence-electron chi connectivity index (χ3n) is 5.83. The molecule has 39 heavy (non-hydrogen) atoms. The zero-order valence-electron chi connectivity index (χ0n) is 21.1. The monoisotopic (exact) mass is 583 g/mol. The molecule has 4 aromatic rings. The van der Waals surface area contributed by atoms with E-state index in [9.17, 15) is 21.6 Å². The van der Waals surface area contributed by atoms with Gasteiger partial charge in [0.15, 0.2) is 0 Å². The molecular formula is C28H26ClN3O5S2. The van der Waals surface area contributed by atoms with Crippen LogP contribution >= 0.6 is 11.6 Å². The summed E-state index contributed by atoms with van der Waals surface area (Å²) in [6, 6.07) is 25.0. The van der Waals surface area contributed by atoms with Crippen molar-refractivity contribution in [1.82, 2.24) is 0 Å². The number of nitrogens with one attached hydrogen (secondary N) is 2. The molecule has 4 aromatic carbocycles. The van der Waals surface area contributed by atoms with E-state index in [1.54, 1.807) is 55.5 Å². The lowest BCUT2D eigenvalue weighted by atomic mass is 10.2. The lowest BCUT2D eigenvalue weighted by Crippen LogP contribution is -2.38. The van der Waals surface area contributed by atoms with Crippen LogP contribution in [0.2, 0.25) is 5.02 Å². The van der Waals surface area contributed by atoms with Crippen molar-refractivity contribution in [3.8, 4) is 0 Å². The van der Waals surface area contributed by atoms with Crippen LogP contribution in [0.5, 0.6) is 0 Å². The molecule has 0 atom stereocenters. The third-order valence-corrected chi connectivity index (χ3v) is 9.25. The number of aryl methyl sites for hydroxylation is 2. The summed E-state index contributed by atoms with van der Waals surface area (Å²) >= 11 is 5.93. The molecular weight excluding hydrogens is 558 g/mol. The Balaban J connectivity index is 1.53. The summed E-state index contributed by atoms with van der Waals surface area (Å²) < 4.78 is 56.1. The summed E-state index contributed by atoms with van der Waals surface area (Å²) in [5.41, 5.74) is 2.75. The van der Waals surface area contributed by atoms with Gasteiger partial charge in [0.25, 0.3) is 20.0 Å². The third kappa shape index (κ3) is 6.78. The first-order chi connectivity index (χ1) is 18.5. The quantitative estimate of drug-likeness (QED) is 0.267. The van der Waals surface area contributed by atoms with Gasteiger partial charge in [-0.2, -0.15) is 0 Å². The minimum atomic E-state index is -4.11. The Morgan fingerprint density at radius 1 is 0.744 bits per heavy atom. The van der Waals surface area contributed by atoms with Crippen LogP contribution in [0.1, 0.15) is 11.1 Å². The van der Waals surface area contributed by atoms with E-state index in [2.05, 4.69) is 10.0 Å². The van der Waals surface area contributed by atoms with Crippen molar-refractivity contribution >= 4 is 54.6 Å². The molecule has 202 valence electrons. The van der Waals surface area contributed by atoms with Crippen molar-refractivity contribution in [1.29, 1.82) is 0 Å². The summed E-state index contributed by atoms with van der Waals surface area (Å²) in [4.78, 5) is 13.0. The van der Waals surface area contributed by atoms with Gasteiger partial charge in [0.2, 0.25) is 5.91 Å². The van der Waals surface area contributed by atoms with Crippen molar-refractivity contribution in [2.75, 3.05) is 20.9 Å². The van der Waals surface area contributed by atoms with E-state index in [-0.39, 0.29) is 9.79 Å². The Labute approximate surface area is 233 Å².